The number of nitrogens with zero attached hydrogens (tertiary/aromatic N) is 3. The van der Waals surface area contributed by atoms with Crippen molar-refractivity contribution in [2.24, 2.45) is 10.2 Å². The molecule has 0 bridgehead atoms. The molecule has 1 aromatic heterocycles. The van der Waals surface area contributed by atoms with Crippen molar-refractivity contribution in [3.8, 4) is 5.75 Å². The molecule has 0 fully saturated rings. The monoisotopic (exact) mass is 381 g/mol. The molecule has 3 rings (SSSR count). The zero-order valence-corrected chi connectivity index (χ0v) is 15.4. The second kappa shape index (κ2) is 7.91. The molecule has 144 valence electrons. The summed E-state index contributed by atoms with van der Waals surface area (Å²) in [5.41, 5.74) is 0.458. The van der Waals surface area contributed by atoms with Crippen molar-refractivity contribution in [3.63, 3.8) is 0 Å². The first-order chi connectivity index (χ1) is 13.4. The second-order valence-corrected chi connectivity index (χ2v) is 5.99. The van der Waals surface area contributed by atoms with Gasteiger partial charge in [-0.3, -0.25) is 0 Å². The van der Waals surface area contributed by atoms with E-state index in [1.165, 1.54) is 24.3 Å². The largest absolute Gasteiger partial charge is 0.505 e. The summed E-state index contributed by atoms with van der Waals surface area (Å²) >= 11 is 0. The van der Waals surface area contributed by atoms with Crippen LogP contribution in [0.2, 0.25) is 0 Å². The van der Waals surface area contributed by atoms with Gasteiger partial charge in [-0.2, -0.15) is 5.11 Å². The Kier molecular flexibility index (Phi) is 5.39. The average molecular weight is 381 g/mol. The molecular formula is C20H19N3O5. The van der Waals surface area contributed by atoms with Crippen LogP contribution < -0.4 is 10.5 Å². The van der Waals surface area contributed by atoms with Gasteiger partial charge in [0.05, 0.1) is 16.6 Å². The maximum Gasteiger partial charge on any atom is 0.368 e. The smallest absolute Gasteiger partial charge is 0.368 e. The van der Waals surface area contributed by atoms with Gasteiger partial charge in [0, 0.05) is 24.8 Å². The molecule has 0 radical (unpaired) electrons. The van der Waals surface area contributed by atoms with Crippen LogP contribution in [0.1, 0.15) is 24.2 Å². The maximum absolute atomic E-state index is 12.3. The van der Waals surface area contributed by atoms with Gasteiger partial charge < -0.3 is 19.5 Å². The molecule has 0 amide bonds. The number of aromatic hydroxyl groups is 1. The molecule has 2 aromatic carbocycles. The van der Waals surface area contributed by atoms with Gasteiger partial charge in [-0.15, -0.1) is 5.11 Å². The Labute approximate surface area is 160 Å². The van der Waals surface area contributed by atoms with Crippen LogP contribution in [0.15, 0.2) is 61.9 Å². The molecular weight excluding hydrogens is 362 g/mol. The van der Waals surface area contributed by atoms with Crippen LogP contribution in [0.4, 0.5) is 17.1 Å². The molecule has 0 aliphatic carbocycles. The Morgan fingerprint density at radius 1 is 1.07 bits per heavy atom. The fraction of sp³-hybridized carbons (Fsp3) is 0.200. The van der Waals surface area contributed by atoms with E-state index in [2.05, 4.69) is 15.1 Å². The van der Waals surface area contributed by atoms with Gasteiger partial charge in [0.2, 0.25) is 5.69 Å². The van der Waals surface area contributed by atoms with E-state index in [0.717, 1.165) is 18.8 Å². The average Bonchev–Trinajstić information content (AvgIpc) is 2.69. The number of carboxylic acids is 1. The number of hydrogen-bond acceptors (Lipinski definition) is 7. The summed E-state index contributed by atoms with van der Waals surface area (Å²) < 4.78 is 5.32. The number of azo groups is 1. The third-order valence-electron chi connectivity index (χ3n) is 4.35. The van der Waals surface area contributed by atoms with Crippen LogP contribution in [0.3, 0.4) is 0 Å². The highest BCUT2D eigenvalue weighted by molar-refractivity contribution is 5.89. The van der Waals surface area contributed by atoms with Crippen LogP contribution in [-0.4, -0.2) is 29.3 Å². The van der Waals surface area contributed by atoms with E-state index in [-0.39, 0.29) is 22.6 Å². The number of carbonyl (C=O) groups is 1. The molecule has 0 atom stereocenters. The highest BCUT2D eigenvalue weighted by Gasteiger charge is 2.15. The fourth-order valence-electron chi connectivity index (χ4n) is 2.82. The first-order valence-corrected chi connectivity index (χ1v) is 8.74. The van der Waals surface area contributed by atoms with Gasteiger partial charge in [0.15, 0.2) is 5.75 Å². The number of fused-ring (bicyclic) bond motifs is 1. The quantitative estimate of drug-likeness (QED) is 0.481. The second-order valence-electron chi connectivity index (χ2n) is 5.99. The normalized spacial score (nSPS) is 11.2. The number of benzene rings is 2. The Bertz CT molecular complexity index is 1100. The lowest BCUT2D eigenvalue weighted by Crippen LogP contribution is -2.21. The van der Waals surface area contributed by atoms with Crippen LogP contribution in [0, 0.1) is 0 Å². The third kappa shape index (κ3) is 3.71. The maximum atomic E-state index is 12.3. The van der Waals surface area contributed by atoms with Gasteiger partial charge in [0.1, 0.15) is 5.58 Å². The van der Waals surface area contributed by atoms with Crippen molar-refractivity contribution in [3.05, 3.63) is 58.4 Å². The van der Waals surface area contributed by atoms with Crippen molar-refractivity contribution in [2.45, 2.75) is 13.8 Å². The zero-order valence-electron chi connectivity index (χ0n) is 15.4. The summed E-state index contributed by atoms with van der Waals surface area (Å²) in [6.07, 6.45) is 0. The van der Waals surface area contributed by atoms with Gasteiger partial charge in [-0.1, -0.05) is 0 Å². The molecule has 8 heteroatoms. The number of aromatic carboxylic acids is 1. The van der Waals surface area contributed by atoms with Crippen LogP contribution in [0.5, 0.6) is 5.75 Å². The first kappa shape index (κ1) is 19.1. The molecule has 0 aliphatic rings. The van der Waals surface area contributed by atoms with Crippen molar-refractivity contribution < 1.29 is 19.4 Å². The molecule has 0 saturated carbocycles. The highest BCUT2D eigenvalue weighted by Crippen LogP contribution is 2.34. The van der Waals surface area contributed by atoms with Crippen molar-refractivity contribution in [1.82, 2.24) is 0 Å². The standard InChI is InChI=1S/C20H19N3O5/c1-3-23(4-2)14-9-10-15-16(11-14)28-20(27)17(18(15)24)22-21-13-7-5-12(6-8-13)19(25)26/h5-11,24H,3-4H2,1-2H3,(H,25,26). The summed E-state index contributed by atoms with van der Waals surface area (Å²) in [4.78, 5) is 25.2. The van der Waals surface area contributed by atoms with Crippen molar-refractivity contribution in [2.75, 3.05) is 18.0 Å². The van der Waals surface area contributed by atoms with Crippen molar-refractivity contribution in [1.29, 1.82) is 0 Å². The van der Waals surface area contributed by atoms with Crippen molar-refractivity contribution >= 4 is 34.0 Å². The Hall–Kier alpha value is -3.68. The summed E-state index contributed by atoms with van der Waals surface area (Å²) in [7, 11) is 0. The predicted octanol–water partition coefficient (Wildman–Crippen LogP) is 4.46. The molecule has 0 aliphatic heterocycles. The van der Waals surface area contributed by atoms with E-state index < -0.39 is 11.6 Å². The lowest BCUT2D eigenvalue weighted by Gasteiger charge is -2.21. The number of hydrogen-bond donors (Lipinski definition) is 2. The molecule has 28 heavy (non-hydrogen) atoms. The predicted molar refractivity (Wildman–Crippen MR) is 105 cm³/mol. The zero-order chi connectivity index (χ0) is 20.3. The lowest BCUT2D eigenvalue weighted by molar-refractivity contribution is 0.0697. The van der Waals surface area contributed by atoms with Crippen LogP contribution in [-0.2, 0) is 0 Å². The number of carboxylic acid groups (broad SMARTS) is 1. The van der Waals surface area contributed by atoms with E-state index in [1.54, 1.807) is 12.1 Å². The SMILES string of the molecule is CCN(CC)c1ccc2c(O)c(N=Nc3ccc(C(=O)O)cc3)c(=O)oc2c1. The summed E-state index contributed by atoms with van der Waals surface area (Å²) in [5.74, 6) is -1.37. The number of rotatable bonds is 6. The summed E-state index contributed by atoms with van der Waals surface area (Å²) in [6, 6.07) is 10.8. The molecule has 8 nitrogen and oxygen atoms in total. The molecule has 3 aromatic rings. The number of anilines is 1. The first-order valence-electron chi connectivity index (χ1n) is 8.74. The van der Waals surface area contributed by atoms with E-state index in [9.17, 15) is 14.7 Å². The fourth-order valence-corrected chi connectivity index (χ4v) is 2.82. The molecule has 0 saturated heterocycles. The van der Waals surface area contributed by atoms with E-state index >= 15 is 0 Å². The van der Waals surface area contributed by atoms with Gasteiger partial charge >= 0.3 is 11.6 Å². The topological polar surface area (TPSA) is 116 Å². The van der Waals surface area contributed by atoms with Gasteiger partial charge in [-0.05, 0) is 50.2 Å². The van der Waals surface area contributed by atoms with E-state index in [0.29, 0.717) is 11.1 Å². The summed E-state index contributed by atoms with van der Waals surface area (Å²) in [5, 5.41) is 27.4. The van der Waals surface area contributed by atoms with Crippen LogP contribution >= 0.6 is 0 Å². The van der Waals surface area contributed by atoms with Gasteiger partial charge in [-0.25, -0.2) is 9.59 Å². The summed E-state index contributed by atoms with van der Waals surface area (Å²) in [6.45, 7) is 5.64. The molecule has 0 spiro atoms. The minimum atomic E-state index is -1.06. The highest BCUT2D eigenvalue weighted by atomic mass is 16.4. The Morgan fingerprint density at radius 3 is 2.36 bits per heavy atom. The molecule has 2 N–H and O–H groups in total. The van der Waals surface area contributed by atoms with Crippen LogP contribution in [0.25, 0.3) is 11.0 Å². The minimum Gasteiger partial charge on any atom is -0.505 e. The van der Waals surface area contributed by atoms with E-state index in [1.807, 2.05) is 19.9 Å². The molecule has 0 unspecified atom stereocenters. The third-order valence-corrected chi connectivity index (χ3v) is 4.35. The van der Waals surface area contributed by atoms with E-state index in [4.69, 9.17) is 9.52 Å². The molecule has 1 heterocycles. The lowest BCUT2D eigenvalue weighted by atomic mass is 10.1. The van der Waals surface area contributed by atoms with Gasteiger partial charge in [0.25, 0.3) is 0 Å². The Balaban J connectivity index is 1.98. The minimum absolute atomic E-state index is 0.107. The Morgan fingerprint density at radius 2 is 1.75 bits per heavy atom.